The number of rotatable bonds is 4. The van der Waals surface area contributed by atoms with Crippen LogP contribution in [0.25, 0.3) is 0 Å². The molecule has 0 aliphatic carbocycles. The maximum atomic E-state index is 10.2. The second-order valence-corrected chi connectivity index (χ2v) is 19.8. The summed E-state index contributed by atoms with van der Waals surface area (Å²) >= 11 is 0. The molecule has 1 fully saturated rings. The van der Waals surface area contributed by atoms with Crippen LogP contribution in [0.2, 0.25) is 36.3 Å². The Labute approximate surface area is 157 Å². The lowest BCUT2D eigenvalue weighted by Gasteiger charge is -2.38. The Kier molecular flexibility index (Phi) is 7.17. The van der Waals surface area contributed by atoms with Crippen LogP contribution in [0.5, 0.6) is 0 Å². The van der Waals surface area contributed by atoms with E-state index >= 15 is 0 Å². The number of hydrogen-bond donors (Lipinski definition) is 1. The van der Waals surface area contributed by atoms with Gasteiger partial charge in [-0.05, 0) is 36.3 Å². The van der Waals surface area contributed by atoms with Gasteiger partial charge in [-0.2, -0.15) is 5.06 Å². The SMILES string of the molecule is CC(C)(C)[Si](C)(C)OCC#C[C@H]1C[C@@H](O[Si](C)(C)C(C)(C)C)CN1O. The molecule has 6 heteroatoms. The summed E-state index contributed by atoms with van der Waals surface area (Å²) in [5.41, 5.74) is 0. The van der Waals surface area contributed by atoms with Gasteiger partial charge in [-0.15, -0.1) is 0 Å². The van der Waals surface area contributed by atoms with E-state index in [4.69, 9.17) is 8.85 Å². The van der Waals surface area contributed by atoms with E-state index in [0.717, 1.165) is 6.42 Å². The van der Waals surface area contributed by atoms with E-state index in [1.54, 1.807) is 0 Å². The van der Waals surface area contributed by atoms with Gasteiger partial charge in [0.1, 0.15) is 0 Å². The summed E-state index contributed by atoms with van der Waals surface area (Å²) in [6.45, 7) is 23.3. The summed E-state index contributed by atoms with van der Waals surface area (Å²) in [5.74, 6) is 6.28. The van der Waals surface area contributed by atoms with Gasteiger partial charge in [-0.3, -0.25) is 0 Å². The lowest BCUT2D eigenvalue weighted by atomic mass is 10.2. The molecule has 146 valence electrons. The Bertz CT molecular complexity index is 509. The smallest absolute Gasteiger partial charge is 0.193 e. The Morgan fingerprint density at radius 2 is 1.52 bits per heavy atom. The van der Waals surface area contributed by atoms with E-state index in [-0.39, 0.29) is 22.2 Å². The maximum absolute atomic E-state index is 10.2. The van der Waals surface area contributed by atoms with Gasteiger partial charge in [0.2, 0.25) is 0 Å². The molecule has 1 aliphatic heterocycles. The van der Waals surface area contributed by atoms with E-state index in [2.05, 4.69) is 79.6 Å². The first-order chi connectivity index (χ1) is 11.1. The summed E-state index contributed by atoms with van der Waals surface area (Å²) in [6.07, 6.45) is 0.822. The van der Waals surface area contributed by atoms with E-state index in [9.17, 15) is 5.21 Å². The minimum absolute atomic E-state index is 0.0616. The molecule has 4 nitrogen and oxygen atoms in total. The minimum atomic E-state index is -1.82. The van der Waals surface area contributed by atoms with Crippen LogP contribution in [-0.4, -0.2) is 52.2 Å². The van der Waals surface area contributed by atoms with Crippen molar-refractivity contribution < 1.29 is 14.1 Å². The molecule has 1 heterocycles. The molecular formula is C19H39NO3Si2. The molecule has 0 unspecified atom stereocenters. The van der Waals surface area contributed by atoms with Gasteiger partial charge in [0.25, 0.3) is 0 Å². The molecule has 0 aromatic heterocycles. The molecule has 0 amide bonds. The molecular weight excluding hydrogens is 346 g/mol. The molecule has 0 aromatic rings. The van der Waals surface area contributed by atoms with E-state index in [1.807, 2.05) is 0 Å². The Morgan fingerprint density at radius 3 is 2.00 bits per heavy atom. The molecule has 1 N–H and O–H groups in total. The molecule has 1 aliphatic rings. The van der Waals surface area contributed by atoms with Gasteiger partial charge in [-0.25, -0.2) is 0 Å². The second-order valence-electron chi connectivity index (χ2n) is 10.2. The first-order valence-electron chi connectivity index (χ1n) is 9.32. The fourth-order valence-corrected chi connectivity index (χ4v) is 4.41. The largest absolute Gasteiger partial charge is 0.412 e. The second kappa shape index (κ2) is 7.83. The summed E-state index contributed by atoms with van der Waals surface area (Å²) in [5, 5.41) is 11.9. The lowest BCUT2D eigenvalue weighted by Crippen LogP contribution is -2.44. The third-order valence-electron chi connectivity index (χ3n) is 6.08. The first-order valence-corrected chi connectivity index (χ1v) is 15.1. The van der Waals surface area contributed by atoms with E-state index in [0.29, 0.717) is 13.2 Å². The first kappa shape index (κ1) is 22.9. The molecule has 1 saturated heterocycles. The van der Waals surface area contributed by atoms with Crippen molar-refractivity contribution in [1.82, 2.24) is 5.06 Å². The van der Waals surface area contributed by atoms with Crippen molar-refractivity contribution >= 4 is 16.6 Å². The molecule has 0 aromatic carbocycles. The molecule has 1 rings (SSSR count). The van der Waals surface area contributed by atoms with Gasteiger partial charge in [0.05, 0.1) is 25.3 Å². The van der Waals surface area contributed by atoms with Crippen LogP contribution in [0.4, 0.5) is 0 Å². The average molecular weight is 386 g/mol. The zero-order valence-electron chi connectivity index (χ0n) is 18.0. The monoisotopic (exact) mass is 385 g/mol. The summed E-state index contributed by atoms with van der Waals surface area (Å²) < 4.78 is 12.5. The molecule has 0 saturated carbocycles. The highest BCUT2D eigenvalue weighted by Gasteiger charge is 2.42. The molecule has 0 radical (unpaired) electrons. The van der Waals surface area contributed by atoms with Crippen LogP contribution in [0.3, 0.4) is 0 Å². The standard InChI is InChI=1S/C19H39NO3Si2/c1-18(2,3)24(7,8)22-13-11-12-16-14-17(15-20(16)21)23-25(9,10)19(4,5)6/h16-17,21H,13-15H2,1-10H3/t16-,17+/m0/s1. The number of hydroxylamine groups is 2. The molecule has 25 heavy (non-hydrogen) atoms. The van der Waals surface area contributed by atoms with Crippen molar-refractivity contribution in [2.45, 2.75) is 96.4 Å². The Morgan fingerprint density at radius 1 is 1.00 bits per heavy atom. The maximum Gasteiger partial charge on any atom is 0.193 e. The number of hydrogen-bond acceptors (Lipinski definition) is 4. The van der Waals surface area contributed by atoms with Gasteiger partial charge in [0.15, 0.2) is 16.6 Å². The fourth-order valence-electron chi connectivity index (χ4n) is 2.19. The van der Waals surface area contributed by atoms with Gasteiger partial charge >= 0.3 is 0 Å². The topological polar surface area (TPSA) is 41.9 Å². The van der Waals surface area contributed by atoms with Crippen molar-refractivity contribution in [1.29, 1.82) is 0 Å². The van der Waals surface area contributed by atoms with Crippen molar-refractivity contribution in [3.8, 4) is 11.8 Å². The Balaban J connectivity index is 2.58. The fraction of sp³-hybridized carbons (Fsp3) is 0.895. The lowest BCUT2D eigenvalue weighted by molar-refractivity contribution is -0.0922. The van der Waals surface area contributed by atoms with Gasteiger partial charge in [0, 0.05) is 6.42 Å². The highest BCUT2D eigenvalue weighted by molar-refractivity contribution is 6.74. The van der Waals surface area contributed by atoms with Crippen molar-refractivity contribution in [2.75, 3.05) is 13.2 Å². The predicted octanol–water partition coefficient (Wildman–Crippen LogP) is 4.87. The van der Waals surface area contributed by atoms with Crippen LogP contribution in [0, 0.1) is 11.8 Å². The number of nitrogens with zero attached hydrogens (tertiary/aromatic N) is 1. The predicted molar refractivity (Wildman–Crippen MR) is 110 cm³/mol. The Hall–Kier alpha value is -0.166. The molecule has 2 atom stereocenters. The van der Waals surface area contributed by atoms with E-state index < -0.39 is 16.6 Å². The van der Waals surface area contributed by atoms with E-state index in [1.165, 1.54) is 5.06 Å². The highest BCUT2D eigenvalue weighted by Crippen LogP contribution is 2.39. The van der Waals surface area contributed by atoms with Crippen molar-refractivity contribution in [3.63, 3.8) is 0 Å². The zero-order chi connectivity index (χ0) is 19.7. The quantitative estimate of drug-likeness (QED) is 0.554. The van der Waals surface area contributed by atoms with Gasteiger partial charge < -0.3 is 14.1 Å². The van der Waals surface area contributed by atoms with Crippen molar-refractivity contribution in [3.05, 3.63) is 0 Å². The van der Waals surface area contributed by atoms with Crippen LogP contribution in [0.15, 0.2) is 0 Å². The van der Waals surface area contributed by atoms with Crippen LogP contribution < -0.4 is 0 Å². The third kappa shape index (κ3) is 6.19. The van der Waals surface area contributed by atoms with Crippen LogP contribution >= 0.6 is 0 Å². The average Bonchev–Trinajstić information content (AvgIpc) is 2.71. The zero-order valence-corrected chi connectivity index (χ0v) is 20.0. The normalized spacial score (nSPS) is 23.5. The third-order valence-corrected chi connectivity index (χ3v) is 15.1. The molecule has 0 bridgehead atoms. The molecule has 0 spiro atoms. The van der Waals surface area contributed by atoms with Crippen molar-refractivity contribution in [2.24, 2.45) is 0 Å². The summed E-state index contributed by atoms with van der Waals surface area (Å²) in [6, 6.07) is -0.155. The van der Waals surface area contributed by atoms with Crippen LogP contribution in [0.1, 0.15) is 48.0 Å². The summed E-state index contributed by atoms with van der Waals surface area (Å²) in [7, 11) is -3.58. The summed E-state index contributed by atoms with van der Waals surface area (Å²) in [4.78, 5) is 0. The van der Waals surface area contributed by atoms with Crippen LogP contribution in [-0.2, 0) is 8.85 Å². The minimum Gasteiger partial charge on any atom is -0.412 e. The highest BCUT2D eigenvalue weighted by atomic mass is 28.4. The van der Waals surface area contributed by atoms with Gasteiger partial charge in [-0.1, -0.05) is 53.4 Å².